The Kier molecular flexibility index (Phi) is 3.30. The standard InChI is InChI=1S/C12H18O4/c1-9(3-4-12(2)7-14-8-12)11(13)16-6-10-5-15-10/h3,10H,4-8H2,1-2H3. The molecular formula is C12H18O4. The van der Waals surface area contributed by atoms with Crippen molar-refractivity contribution in [2.45, 2.75) is 26.4 Å². The molecule has 16 heavy (non-hydrogen) atoms. The number of allylic oxidation sites excluding steroid dienone is 1. The van der Waals surface area contributed by atoms with Gasteiger partial charge in [-0.15, -0.1) is 0 Å². The highest BCUT2D eigenvalue weighted by Gasteiger charge is 2.32. The summed E-state index contributed by atoms with van der Waals surface area (Å²) in [6, 6.07) is 0. The van der Waals surface area contributed by atoms with Crippen LogP contribution in [0.4, 0.5) is 0 Å². The average molecular weight is 226 g/mol. The molecule has 2 heterocycles. The maximum absolute atomic E-state index is 11.5. The number of hydrogen-bond donors (Lipinski definition) is 0. The van der Waals surface area contributed by atoms with Gasteiger partial charge in [-0.2, -0.15) is 0 Å². The Hall–Kier alpha value is -0.870. The van der Waals surface area contributed by atoms with E-state index in [1.54, 1.807) is 6.92 Å². The van der Waals surface area contributed by atoms with Crippen LogP contribution in [-0.2, 0) is 19.0 Å². The number of rotatable bonds is 5. The molecule has 2 fully saturated rings. The second-order valence-electron chi connectivity index (χ2n) is 4.95. The molecule has 4 nitrogen and oxygen atoms in total. The van der Waals surface area contributed by atoms with Crippen LogP contribution in [0.2, 0.25) is 0 Å². The normalized spacial score (nSPS) is 27.1. The van der Waals surface area contributed by atoms with Gasteiger partial charge in [-0.05, 0) is 13.3 Å². The van der Waals surface area contributed by atoms with Crippen LogP contribution in [0.15, 0.2) is 11.6 Å². The Labute approximate surface area is 95.6 Å². The van der Waals surface area contributed by atoms with E-state index in [0.29, 0.717) is 18.8 Å². The van der Waals surface area contributed by atoms with Gasteiger partial charge in [-0.25, -0.2) is 4.79 Å². The van der Waals surface area contributed by atoms with E-state index >= 15 is 0 Å². The van der Waals surface area contributed by atoms with Crippen LogP contribution in [-0.4, -0.2) is 38.5 Å². The smallest absolute Gasteiger partial charge is 0.333 e. The fourth-order valence-electron chi connectivity index (χ4n) is 1.50. The topological polar surface area (TPSA) is 48.1 Å². The molecule has 0 bridgehead atoms. The van der Waals surface area contributed by atoms with E-state index < -0.39 is 0 Å². The molecule has 0 aromatic carbocycles. The highest BCUT2D eigenvalue weighted by Crippen LogP contribution is 2.31. The number of carbonyl (C=O) groups excluding carboxylic acids is 1. The maximum Gasteiger partial charge on any atom is 0.333 e. The Morgan fingerprint density at radius 2 is 2.25 bits per heavy atom. The van der Waals surface area contributed by atoms with Gasteiger partial charge >= 0.3 is 5.97 Å². The van der Waals surface area contributed by atoms with Crippen molar-refractivity contribution < 1.29 is 19.0 Å². The summed E-state index contributed by atoms with van der Waals surface area (Å²) in [5.41, 5.74) is 0.884. The van der Waals surface area contributed by atoms with E-state index in [2.05, 4.69) is 6.92 Å². The minimum absolute atomic E-state index is 0.134. The predicted molar refractivity (Wildman–Crippen MR) is 58.0 cm³/mol. The Morgan fingerprint density at radius 3 is 2.75 bits per heavy atom. The second kappa shape index (κ2) is 4.55. The van der Waals surface area contributed by atoms with Gasteiger partial charge < -0.3 is 14.2 Å². The molecule has 0 aliphatic carbocycles. The average Bonchev–Trinajstić information content (AvgIpc) is 3.03. The first-order valence-electron chi connectivity index (χ1n) is 5.62. The van der Waals surface area contributed by atoms with Gasteiger partial charge in [0.05, 0.1) is 19.8 Å². The molecule has 0 amide bonds. The number of epoxide rings is 1. The number of esters is 1. The van der Waals surface area contributed by atoms with Crippen molar-refractivity contribution in [2.24, 2.45) is 5.41 Å². The van der Waals surface area contributed by atoms with Gasteiger partial charge in [-0.3, -0.25) is 0 Å². The molecule has 0 aromatic heterocycles. The maximum atomic E-state index is 11.5. The van der Waals surface area contributed by atoms with E-state index in [4.69, 9.17) is 14.2 Å². The largest absolute Gasteiger partial charge is 0.459 e. The van der Waals surface area contributed by atoms with E-state index in [1.807, 2.05) is 6.08 Å². The Balaban J connectivity index is 1.73. The molecule has 2 saturated heterocycles. The third-order valence-corrected chi connectivity index (χ3v) is 2.93. The van der Waals surface area contributed by atoms with Gasteiger partial charge in [0.25, 0.3) is 0 Å². The first kappa shape index (κ1) is 11.6. The van der Waals surface area contributed by atoms with Crippen molar-refractivity contribution in [3.05, 3.63) is 11.6 Å². The van der Waals surface area contributed by atoms with Crippen molar-refractivity contribution in [3.8, 4) is 0 Å². The molecule has 2 aliphatic heterocycles. The van der Waals surface area contributed by atoms with Crippen molar-refractivity contribution in [1.82, 2.24) is 0 Å². The molecule has 2 rings (SSSR count). The second-order valence-corrected chi connectivity index (χ2v) is 4.95. The lowest BCUT2D eigenvalue weighted by Crippen LogP contribution is -2.39. The zero-order chi connectivity index (χ0) is 11.6. The van der Waals surface area contributed by atoms with Crippen LogP contribution in [0.1, 0.15) is 20.3 Å². The van der Waals surface area contributed by atoms with Crippen LogP contribution in [0.3, 0.4) is 0 Å². The van der Waals surface area contributed by atoms with Crippen LogP contribution in [0, 0.1) is 5.41 Å². The van der Waals surface area contributed by atoms with Gasteiger partial charge in [-0.1, -0.05) is 13.0 Å². The summed E-state index contributed by atoms with van der Waals surface area (Å²) >= 11 is 0. The number of hydrogen-bond acceptors (Lipinski definition) is 4. The quantitative estimate of drug-likeness (QED) is 0.403. The third kappa shape index (κ3) is 3.06. The fraction of sp³-hybridized carbons (Fsp3) is 0.750. The summed E-state index contributed by atoms with van der Waals surface area (Å²) in [5.74, 6) is -0.237. The van der Waals surface area contributed by atoms with E-state index in [1.165, 1.54) is 0 Å². The molecule has 0 N–H and O–H groups in total. The van der Waals surface area contributed by atoms with E-state index in [0.717, 1.165) is 19.6 Å². The van der Waals surface area contributed by atoms with Crippen LogP contribution in [0.25, 0.3) is 0 Å². The van der Waals surface area contributed by atoms with Crippen LogP contribution < -0.4 is 0 Å². The summed E-state index contributed by atoms with van der Waals surface area (Å²) < 4.78 is 15.2. The molecule has 90 valence electrons. The Bertz CT molecular complexity index is 300. The SMILES string of the molecule is CC(=CCC1(C)COC1)C(=O)OCC1CO1. The summed E-state index contributed by atoms with van der Waals surface area (Å²) in [6.45, 7) is 6.60. The van der Waals surface area contributed by atoms with Crippen LogP contribution >= 0.6 is 0 Å². The molecule has 0 aromatic rings. The third-order valence-electron chi connectivity index (χ3n) is 2.93. The van der Waals surface area contributed by atoms with Crippen molar-refractivity contribution in [3.63, 3.8) is 0 Å². The monoisotopic (exact) mass is 226 g/mol. The molecular weight excluding hydrogens is 208 g/mol. The van der Waals surface area contributed by atoms with Gasteiger partial charge in [0.2, 0.25) is 0 Å². The minimum Gasteiger partial charge on any atom is -0.459 e. The summed E-state index contributed by atoms with van der Waals surface area (Å²) in [4.78, 5) is 11.5. The molecule has 1 unspecified atom stereocenters. The lowest BCUT2D eigenvalue weighted by atomic mass is 9.84. The van der Waals surface area contributed by atoms with Gasteiger partial charge in [0.15, 0.2) is 0 Å². The summed E-state index contributed by atoms with van der Waals surface area (Å²) in [5, 5.41) is 0. The van der Waals surface area contributed by atoms with Crippen molar-refractivity contribution in [2.75, 3.05) is 26.4 Å². The predicted octanol–water partition coefficient (Wildman–Crippen LogP) is 1.30. The van der Waals surface area contributed by atoms with Crippen molar-refractivity contribution in [1.29, 1.82) is 0 Å². The fourth-order valence-corrected chi connectivity index (χ4v) is 1.50. The zero-order valence-electron chi connectivity index (χ0n) is 9.82. The van der Waals surface area contributed by atoms with Gasteiger partial charge in [0.1, 0.15) is 12.7 Å². The first-order valence-corrected chi connectivity index (χ1v) is 5.62. The summed E-state index contributed by atoms with van der Waals surface area (Å²) in [6.07, 6.45) is 2.95. The zero-order valence-corrected chi connectivity index (χ0v) is 9.82. The molecule has 0 saturated carbocycles. The first-order chi connectivity index (χ1) is 7.59. The van der Waals surface area contributed by atoms with Crippen LogP contribution in [0.5, 0.6) is 0 Å². The lowest BCUT2D eigenvalue weighted by Gasteiger charge is -2.37. The lowest BCUT2D eigenvalue weighted by molar-refractivity contribution is -0.139. The summed E-state index contributed by atoms with van der Waals surface area (Å²) in [7, 11) is 0. The van der Waals surface area contributed by atoms with E-state index in [9.17, 15) is 4.79 Å². The molecule has 4 heteroatoms. The Morgan fingerprint density at radius 1 is 1.56 bits per heavy atom. The minimum atomic E-state index is -0.237. The number of ether oxygens (including phenoxy) is 3. The highest BCUT2D eigenvalue weighted by molar-refractivity contribution is 5.87. The van der Waals surface area contributed by atoms with E-state index in [-0.39, 0.29) is 17.5 Å². The number of carbonyl (C=O) groups is 1. The van der Waals surface area contributed by atoms with Gasteiger partial charge in [0, 0.05) is 11.0 Å². The molecule has 0 spiro atoms. The molecule has 0 radical (unpaired) electrons. The molecule has 2 aliphatic rings. The molecule has 1 atom stereocenters. The highest BCUT2D eigenvalue weighted by atomic mass is 16.6. The van der Waals surface area contributed by atoms with Crippen molar-refractivity contribution >= 4 is 5.97 Å².